The number of amides is 4. The van der Waals surface area contributed by atoms with Crippen LogP contribution in [0.5, 0.6) is 0 Å². The highest BCUT2D eigenvalue weighted by molar-refractivity contribution is 7.99. The van der Waals surface area contributed by atoms with E-state index in [9.17, 15) is 14.4 Å². The lowest BCUT2D eigenvalue weighted by Crippen LogP contribution is -2.54. The smallest absolute Gasteiger partial charge is 0.331 e. The molecule has 4 amide bonds. The lowest BCUT2D eigenvalue weighted by molar-refractivity contribution is -0.131. The van der Waals surface area contributed by atoms with Crippen LogP contribution in [0.2, 0.25) is 0 Å². The molecule has 0 radical (unpaired) electrons. The van der Waals surface area contributed by atoms with Crippen molar-refractivity contribution in [3.05, 3.63) is 102 Å². The van der Waals surface area contributed by atoms with Crippen LogP contribution in [-0.4, -0.2) is 22.7 Å². The van der Waals surface area contributed by atoms with Gasteiger partial charge in [-0.15, -0.1) is 0 Å². The summed E-state index contributed by atoms with van der Waals surface area (Å²) in [4.78, 5) is 40.2. The fourth-order valence-corrected chi connectivity index (χ4v) is 4.84. The second kappa shape index (κ2) is 9.03. The second-order valence-corrected chi connectivity index (χ2v) is 8.86. The topological polar surface area (TPSA) is 79.6 Å². The largest absolute Gasteiger partial charge is 0.450 e. The lowest BCUT2D eigenvalue weighted by atomic mass is 10.0. The molecule has 0 bridgehead atoms. The molecule has 1 saturated heterocycles. The minimum absolute atomic E-state index is 0.154. The van der Waals surface area contributed by atoms with E-state index in [0.29, 0.717) is 10.9 Å². The average Bonchev–Trinajstić information content (AvgIpc) is 3.29. The van der Waals surface area contributed by atoms with E-state index < -0.39 is 23.9 Å². The number of carbonyl (C=O) groups excluding carboxylic acids is 3. The third-order valence-electron chi connectivity index (χ3n) is 5.65. The monoisotopic (exact) mass is 468 g/mol. The van der Waals surface area contributed by atoms with E-state index in [2.05, 4.69) is 5.32 Å². The quantitative estimate of drug-likeness (QED) is 0.295. The molecule has 34 heavy (non-hydrogen) atoms. The predicted molar refractivity (Wildman–Crippen MR) is 130 cm³/mol. The molecule has 4 aromatic rings. The number of carbonyl (C=O) groups is 3. The molecule has 0 spiro atoms. The van der Waals surface area contributed by atoms with E-state index in [-0.39, 0.29) is 5.57 Å². The van der Waals surface area contributed by atoms with Crippen molar-refractivity contribution < 1.29 is 18.8 Å². The van der Waals surface area contributed by atoms with Gasteiger partial charge in [-0.05, 0) is 47.5 Å². The number of imide groups is 2. The van der Waals surface area contributed by atoms with Crippen LogP contribution in [0, 0.1) is 0 Å². The first-order chi connectivity index (χ1) is 16.5. The van der Waals surface area contributed by atoms with Gasteiger partial charge in [-0.1, -0.05) is 78.5 Å². The molecule has 1 aliphatic heterocycles. The van der Waals surface area contributed by atoms with E-state index in [1.165, 1.54) is 17.8 Å². The third kappa shape index (κ3) is 4.13. The molecule has 1 aromatic heterocycles. The molecule has 1 fully saturated rings. The number of furan rings is 1. The Morgan fingerprint density at radius 2 is 1.62 bits per heavy atom. The van der Waals surface area contributed by atoms with Crippen LogP contribution < -0.4 is 5.32 Å². The third-order valence-corrected chi connectivity index (χ3v) is 6.65. The Bertz CT molecular complexity index is 1440. The Labute approximate surface area is 200 Å². The molecule has 1 atom stereocenters. The molecule has 168 valence electrons. The van der Waals surface area contributed by atoms with Crippen molar-refractivity contribution in [2.75, 3.05) is 0 Å². The number of benzene rings is 3. The summed E-state index contributed by atoms with van der Waals surface area (Å²) < 4.78 is 5.89. The van der Waals surface area contributed by atoms with Crippen LogP contribution in [0.15, 0.2) is 105 Å². The van der Waals surface area contributed by atoms with Gasteiger partial charge in [0.25, 0.3) is 11.8 Å². The van der Waals surface area contributed by atoms with Crippen molar-refractivity contribution in [2.24, 2.45) is 0 Å². The first kappa shape index (κ1) is 21.7. The van der Waals surface area contributed by atoms with Crippen LogP contribution >= 0.6 is 11.8 Å². The molecule has 6 nitrogen and oxygen atoms in total. The maximum atomic E-state index is 13.1. The van der Waals surface area contributed by atoms with Crippen molar-refractivity contribution in [3.63, 3.8) is 0 Å². The zero-order chi connectivity index (χ0) is 23.7. The van der Waals surface area contributed by atoms with E-state index in [1.54, 1.807) is 19.1 Å². The minimum atomic E-state index is -0.744. The highest BCUT2D eigenvalue weighted by Crippen LogP contribution is 2.35. The SMILES string of the molecule is CC(c1ccccc1)N1C(=O)NC(=O)C(=Cc2ccc(Sc3cccc4ccccc34)o2)C1=O. The number of fused-ring (bicyclic) bond motifs is 1. The number of nitrogens with one attached hydrogen (secondary N) is 1. The molecule has 0 saturated carbocycles. The maximum absolute atomic E-state index is 13.1. The van der Waals surface area contributed by atoms with Crippen molar-refractivity contribution >= 4 is 46.5 Å². The van der Waals surface area contributed by atoms with Gasteiger partial charge in [-0.3, -0.25) is 19.8 Å². The molecule has 2 heterocycles. The Kier molecular flexibility index (Phi) is 5.77. The second-order valence-electron chi connectivity index (χ2n) is 7.82. The number of rotatable bonds is 5. The van der Waals surface area contributed by atoms with Crippen molar-refractivity contribution in [2.45, 2.75) is 23.0 Å². The molecule has 5 rings (SSSR count). The molecule has 1 unspecified atom stereocenters. The van der Waals surface area contributed by atoms with E-state index in [4.69, 9.17) is 4.42 Å². The van der Waals surface area contributed by atoms with E-state index in [1.807, 2.05) is 72.8 Å². The molecule has 3 aromatic carbocycles. The summed E-state index contributed by atoms with van der Waals surface area (Å²) in [5.41, 5.74) is 0.630. The standard InChI is InChI=1S/C27H20N2O4S/c1-17(18-8-3-2-4-9-18)29-26(31)22(25(30)28-27(29)32)16-20-14-15-24(33-20)34-23-13-7-11-19-10-5-6-12-21(19)23/h2-17H,1H3,(H,28,30,32). The number of nitrogens with zero attached hydrogens (tertiary/aromatic N) is 1. The Balaban J connectivity index is 1.41. The van der Waals surface area contributed by atoms with Crippen LogP contribution in [0.3, 0.4) is 0 Å². The van der Waals surface area contributed by atoms with Crippen molar-refractivity contribution in [1.82, 2.24) is 10.2 Å². The average molecular weight is 469 g/mol. The summed E-state index contributed by atoms with van der Waals surface area (Å²) in [5, 5.41) is 5.12. The minimum Gasteiger partial charge on any atom is -0.450 e. The fraction of sp³-hybridized carbons (Fsp3) is 0.0741. The first-order valence-corrected chi connectivity index (χ1v) is 11.5. The highest BCUT2D eigenvalue weighted by atomic mass is 32.2. The molecule has 1 aliphatic rings. The lowest BCUT2D eigenvalue weighted by Gasteiger charge is -2.31. The molecular formula is C27H20N2O4S. The van der Waals surface area contributed by atoms with Gasteiger partial charge in [-0.2, -0.15) is 0 Å². The zero-order valence-electron chi connectivity index (χ0n) is 18.2. The number of hydrogen-bond donors (Lipinski definition) is 1. The number of hydrogen-bond acceptors (Lipinski definition) is 5. The van der Waals surface area contributed by atoms with Gasteiger partial charge in [0.2, 0.25) is 0 Å². The van der Waals surface area contributed by atoms with Gasteiger partial charge in [0.1, 0.15) is 11.3 Å². The van der Waals surface area contributed by atoms with E-state index >= 15 is 0 Å². The Morgan fingerprint density at radius 1 is 0.882 bits per heavy atom. The van der Waals surface area contributed by atoms with Gasteiger partial charge < -0.3 is 4.42 Å². The summed E-state index contributed by atoms with van der Waals surface area (Å²) >= 11 is 1.46. The van der Waals surface area contributed by atoms with Gasteiger partial charge in [-0.25, -0.2) is 4.79 Å². The van der Waals surface area contributed by atoms with Crippen molar-refractivity contribution in [3.8, 4) is 0 Å². The Morgan fingerprint density at radius 3 is 2.44 bits per heavy atom. The summed E-state index contributed by atoms with van der Waals surface area (Å²) in [7, 11) is 0. The summed E-state index contributed by atoms with van der Waals surface area (Å²) in [5.74, 6) is -1.06. The van der Waals surface area contributed by atoms with Gasteiger partial charge in [0.05, 0.1) is 6.04 Å². The molecular weight excluding hydrogens is 448 g/mol. The van der Waals surface area contributed by atoms with Crippen LogP contribution in [0.1, 0.15) is 24.3 Å². The molecule has 0 aliphatic carbocycles. The zero-order valence-corrected chi connectivity index (χ0v) is 19.0. The van der Waals surface area contributed by atoms with Gasteiger partial charge in [0.15, 0.2) is 5.09 Å². The van der Waals surface area contributed by atoms with Crippen LogP contribution in [0.25, 0.3) is 16.8 Å². The summed E-state index contributed by atoms with van der Waals surface area (Å²) in [6, 6.07) is 25.5. The van der Waals surface area contributed by atoms with Crippen LogP contribution in [0.4, 0.5) is 4.79 Å². The van der Waals surface area contributed by atoms with Gasteiger partial charge in [0, 0.05) is 4.90 Å². The van der Waals surface area contributed by atoms with Crippen molar-refractivity contribution in [1.29, 1.82) is 0 Å². The van der Waals surface area contributed by atoms with Gasteiger partial charge >= 0.3 is 6.03 Å². The fourth-order valence-electron chi connectivity index (χ4n) is 3.91. The number of urea groups is 1. The normalized spacial score (nSPS) is 16.2. The molecule has 7 heteroatoms. The maximum Gasteiger partial charge on any atom is 0.331 e. The van der Waals surface area contributed by atoms with Crippen LogP contribution in [-0.2, 0) is 9.59 Å². The first-order valence-electron chi connectivity index (χ1n) is 10.7. The summed E-state index contributed by atoms with van der Waals surface area (Å²) in [6.45, 7) is 1.74. The Hall–Kier alpha value is -4.10. The predicted octanol–water partition coefficient (Wildman–Crippen LogP) is 5.81. The van der Waals surface area contributed by atoms with E-state index in [0.717, 1.165) is 26.1 Å². The number of barbiturate groups is 1. The highest BCUT2D eigenvalue weighted by Gasteiger charge is 2.39. The molecule has 1 N–H and O–H groups in total. The summed E-state index contributed by atoms with van der Waals surface area (Å²) in [6.07, 6.45) is 1.38.